The molecule has 0 saturated carbocycles. The summed E-state index contributed by atoms with van der Waals surface area (Å²) >= 11 is 0. The summed E-state index contributed by atoms with van der Waals surface area (Å²) in [7, 11) is 1.63. The number of hydrogen-bond donors (Lipinski definition) is 2. The molecule has 0 aliphatic carbocycles. The summed E-state index contributed by atoms with van der Waals surface area (Å²) in [5, 5.41) is 10.2. The van der Waals surface area contributed by atoms with Gasteiger partial charge in [0.25, 0.3) is 0 Å². The van der Waals surface area contributed by atoms with Crippen molar-refractivity contribution < 1.29 is 19.5 Å². The van der Waals surface area contributed by atoms with Crippen LogP contribution < -0.4 is 19.3 Å². The maximum atomic E-state index is 10.2. The fraction of sp³-hybridized carbons (Fsp3) is 0.444. The van der Waals surface area contributed by atoms with Crippen molar-refractivity contribution in [2.75, 3.05) is 51.3 Å². The Morgan fingerprint density at radius 2 is 1.76 bits per heavy atom. The number of aromatic nitrogens is 2. The molecule has 1 aliphatic heterocycles. The third-order valence-electron chi connectivity index (χ3n) is 4.33. The van der Waals surface area contributed by atoms with Crippen LogP contribution in [0.5, 0.6) is 11.5 Å². The molecule has 7 heteroatoms. The van der Waals surface area contributed by atoms with E-state index >= 15 is 0 Å². The monoisotopic (exact) mass is 345 g/mol. The Hall–Kier alpha value is -2.38. The van der Waals surface area contributed by atoms with Crippen LogP contribution in [0.2, 0.25) is 0 Å². The van der Waals surface area contributed by atoms with Gasteiger partial charge in [-0.1, -0.05) is 0 Å². The molecule has 2 N–H and O–H groups in total. The molecule has 3 rings (SSSR count). The minimum atomic E-state index is -0.489. The Morgan fingerprint density at radius 1 is 1.12 bits per heavy atom. The lowest BCUT2D eigenvalue weighted by Gasteiger charge is -2.32. The van der Waals surface area contributed by atoms with Crippen molar-refractivity contribution in [3.8, 4) is 11.5 Å². The standard InChI is InChI=1S/C18H24N4O3/c1-24-16-3-5-17(6-4-16)25-14-15(23)13-21-9-11-22(12-10-21)18-19-7-2-8-20-18/h2-8,15,23H,9-14H2,1H3/p+1/t15-/m0/s1. The van der Waals surface area contributed by atoms with Crippen molar-refractivity contribution in [1.82, 2.24) is 9.97 Å². The first-order valence-corrected chi connectivity index (χ1v) is 8.55. The maximum Gasteiger partial charge on any atom is 0.225 e. The van der Waals surface area contributed by atoms with Gasteiger partial charge in [0.05, 0.1) is 33.3 Å². The van der Waals surface area contributed by atoms with Gasteiger partial charge in [0.15, 0.2) is 0 Å². The zero-order chi connectivity index (χ0) is 17.5. The van der Waals surface area contributed by atoms with Crippen molar-refractivity contribution in [3.05, 3.63) is 42.7 Å². The highest BCUT2D eigenvalue weighted by Gasteiger charge is 2.23. The summed E-state index contributed by atoms with van der Waals surface area (Å²) in [6.07, 6.45) is 3.04. The van der Waals surface area contributed by atoms with Gasteiger partial charge in [-0.25, -0.2) is 9.97 Å². The minimum absolute atomic E-state index is 0.293. The highest BCUT2D eigenvalue weighted by Crippen LogP contribution is 2.16. The van der Waals surface area contributed by atoms with Gasteiger partial charge in [-0.15, -0.1) is 0 Å². The molecule has 0 spiro atoms. The molecule has 25 heavy (non-hydrogen) atoms. The van der Waals surface area contributed by atoms with E-state index in [1.54, 1.807) is 19.5 Å². The van der Waals surface area contributed by atoms with Gasteiger partial charge < -0.3 is 24.4 Å². The number of anilines is 1. The first-order valence-electron chi connectivity index (χ1n) is 8.55. The van der Waals surface area contributed by atoms with E-state index in [0.29, 0.717) is 13.2 Å². The zero-order valence-corrected chi connectivity index (χ0v) is 14.5. The summed E-state index contributed by atoms with van der Waals surface area (Å²) in [6, 6.07) is 9.20. The lowest BCUT2D eigenvalue weighted by molar-refractivity contribution is -0.903. The van der Waals surface area contributed by atoms with Crippen molar-refractivity contribution >= 4 is 5.95 Å². The SMILES string of the molecule is COc1ccc(OC[C@@H](O)C[NH+]2CCN(c3ncccn3)CC2)cc1. The van der Waals surface area contributed by atoms with Crippen LogP contribution in [0, 0.1) is 0 Å². The van der Waals surface area contributed by atoms with Crippen LogP contribution >= 0.6 is 0 Å². The Bertz CT molecular complexity index is 631. The largest absolute Gasteiger partial charge is 0.497 e. The van der Waals surface area contributed by atoms with Crippen LogP contribution in [0.3, 0.4) is 0 Å². The van der Waals surface area contributed by atoms with Gasteiger partial charge in [-0.2, -0.15) is 0 Å². The Morgan fingerprint density at radius 3 is 2.40 bits per heavy atom. The van der Waals surface area contributed by atoms with Gasteiger partial charge in [0.1, 0.15) is 30.8 Å². The van der Waals surface area contributed by atoms with Crippen LogP contribution in [-0.4, -0.2) is 67.6 Å². The van der Waals surface area contributed by atoms with Gasteiger partial charge in [0, 0.05) is 12.4 Å². The summed E-state index contributed by atoms with van der Waals surface area (Å²) in [5.74, 6) is 2.31. The average molecular weight is 345 g/mol. The highest BCUT2D eigenvalue weighted by atomic mass is 16.5. The number of quaternary nitrogens is 1. The number of methoxy groups -OCH3 is 1. The first kappa shape index (κ1) is 17.4. The highest BCUT2D eigenvalue weighted by molar-refractivity contribution is 5.31. The predicted molar refractivity (Wildman–Crippen MR) is 94.3 cm³/mol. The second-order valence-electron chi connectivity index (χ2n) is 6.13. The molecule has 1 aromatic carbocycles. The van der Waals surface area contributed by atoms with Gasteiger partial charge in [-0.05, 0) is 30.3 Å². The summed E-state index contributed by atoms with van der Waals surface area (Å²) < 4.78 is 10.8. The van der Waals surface area contributed by atoms with E-state index in [9.17, 15) is 5.11 Å². The third kappa shape index (κ3) is 5.04. The van der Waals surface area contributed by atoms with Crippen molar-refractivity contribution in [2.24, 2.45) is 0 Å². The van der Waals surface area contributed by atoms with Crippen LogP contribution in [0.1, 0.15) is 0 Å². The number of aliphatic hydroxyl groups is 1. The van der Waals surface area contributed by atoms with Gasteiger partial charge in [0.2, 0.25) is 5.95 Å². The molecule has 1 aromatic heterocycles. The molecule has 2 heterocycles. The number of nitrogens with one attached hydrogen (secondary N) is 1. The number of aliphatic hydroxyl groups excluding tert-OH is 1. The molecule has 1 atom stereocenters. The molecule has 1 fully saturated rings. The lowest BCUT2D eigenvalue weighted by atomic mass is 10.2. The zero-order valence-electron chi connectivity index (χ0n) is 14.5. The van der Waals surface area contributed by atoms with Gasteiger partial charge in [-0.3, -0.25) is 0 Å². The first-order chi connectivity index (χ1) is 12.2. The summed E-state index contributed by atoms with van der Waals surface area (Å²) in [5.41, 5.74) is 0. The molecule has 0 radical (unpaired) electrons. The second kappa shape index (κ2) is 8.64. The van der Waals surface area contributed by atoms with E-state index in [2.05, 4.69) is 14.9 Å². The quantitative estimate of drug-likeness (QED) is 0.714. The van der Waals surface area contributed by atoms with E-state index < -0.39 is 6.10 Å². The van der Waals surface area contributed by atoms with Crippen LogP contribution in [0.15, 0.2) is 42.7 Å². The van der Waals surface area contributed by atoms with Crippen molar-refractivity contribution in [3.63, 3.8) is 0 Å². The maximum absolute atomic E-state index is 10.2. The Kier molecular flexibility index (Phi) is 6.03. The van der Waals surface area contributed by atoms with E-state index in [0.717, 1.165) is 43.6 Å². The molecule has 0 amide bonds. The third-order valence-corrected chi connectivity index (χ3v) is 4.33. The topological polar surface area (TPSA) is 72.2 Å². The number of piperazine rings is 1. The smallest absolute Gasteiger partial charge is 0.225 e. The Labute approximate surface area is 147 Å². The van der Waals surface area contributed by atoms with Crippen LogP contribution in [0.4, 0.5) is 5.95 Å². The normalized spacial score (nSPS) is 16.5. The molecule has 0 bridgehead atoms. The molecule has 134 valence electrons. The van der Waals surface area contributed by atoms with Crippen molar-refractivity contribution in [1.29, 1.82) is 0 Å². The Balaban J connectivity index is 1.39. The molecule has 0 unspecified atom stereocenters. The van der Waals surface area contributed by atoms with Crippen LogP contribution in [-0.2, 0) is 0 Å². The fourth-order valence-corrected chi connectivity index (χ4v) is 2.94. The number of benzene rings is 1. The average Bonchev–Trinajstić information content (AvgIpc) is 2.68. The number of hydrogen-bond acceptors (Lipinski definition) is 6. The molecule has 1 saturated heterocycles. The van der Waals surface area contributed by atoms with E-state index in [1.807, 2.05) is 30.3 Å². The molecular formula is C18H25N4O3+. The van der Waals surface area contributed by atoms with Crippen LogP contribution in [0.25, 0.3) is 0 Å². The molecule has 7 nitrogen and oxygen atoms in total. The fourth-order valence-electron chi connectivity index (χ4n) is 2.94. The minimum Gasteiger partial charge on any atom is -0.497 e. The summed E-state index contributed by atoms with van der Waals surface area (Å²) in [6.45, 7) is 4.67. The molecule has 2 aromatic rings. The van der Waals surface area contributed by atoms with Crippen molar-refractivity contribution in [2.45, 2.75) is 6.10 Å². The molecular weight excluding hydrogens is 320 g/mol. The second-order valence-corrected chi connectivity index (χ2v) is 6.13. The van der Waals surface area contributed by atoms with Gasteiger partial charge >= 0.3 is 0 Å². The number of ether oxygens (including phenoxy) is 2. The summed E-state index contributed by atoms with van der Waals surface area (Å²) in [4.78, 5) is 12.1. The molecule has 1 aliphatic rings. The predicted octanol–water partition coefficient (Wildman–Crippen LogP) is -0.370. The van der Waals surface area contributed by atoms with E-state index in [4.69, 9.17) is 9.47 Å². The van der Waals surface area contributed by atoms with E-state index in [-0.39, 0.29) is 0 Å². The lowest BCUT2D eigenvalue weighted by Crippen LogP contribution is -3.16. The number of nitrogens with zero attached hydrogens (tertiary/aromatic N) is 3. The number of rotatable bonds is 7. The van der Waals surface area contributed by atoms with E-state index in [1.165, 1.54) is 4.90 Å².